The molecule has 2 heterocycles. The van der Waals surface area contributed by atoms with Crippen LogP contribution in [0.25, 0.3) is 11.6 Å². The normalized spacial score (nSPS) is 11.4. The molecule has 0 radical (unpaired) electrons. The fourth-order valence-corrected chi connectivity index (χ4v) is 1.87. The summed E-state index contributed by atoms with van der Waals surface area (Å²) in [6.07, 6.45) is 4.46. The van der Waals surface area contributed by atoms with Gasteiger partial charge in [0.2, 0.25) is 0 Å². The maximum Gasteiger partial charge on any atom is 0.337 e. The monoisotopic (exact) mass is 232 g/mol. The molecule has 0 unspecified atom stereocenters. The smallest absolute Gasteiger partial charge is 0.337 e. The number of carboxylic acids is 1. The lowest BCUT2D eigenvalue weighted by Gasteiger charge is -1.99. The minimum absolute atomic E-state index is 0.171. The first-order valence-electron chi connectivity index (χ1n) is 4.52. The lowest BCUT2D eigenvalue weighted by atomic mass is 10.1. The van der Waals surface area contributed by atoms with Crippen LogP contribution < -0.4 is 0 Å². The van der Waals surface area contributed by atoms with Crippen molar-refractivity contribution in [2.75, 3.05) is 0 Å². The summed E-state index contributed by atoms with van der Waals surface area (Å²) >= 11 is 1.48. The van der Waals surface area contributed by atoms with E-state index in [-0.39, 0.29) is 5.57 Å². The number of aliphatic carboxylic acids is 1. The SMILES string of the molecule is O=C(O)/C(=C\c1cccs1)c1ccncn1. The second kappa shape index (κ2) is 4.67. The molecule has 0 atom stereocenters. The highest BCUT2D eigenvalue weighted by Gasteiger charge is 2.11. The summed E-state index contributed by atoms with van der Waals surface area (Å²) in [5.41, 5.74) is 0.584. The van der Waals surface area contributed by atoms with Gasteiger partial charge in [0.1, 0.15) is 6.33 Å². The molecule has 0 aliphatic rings. The van der Waals surface area contributed by atoms with Gasteiger partial charge in [0, 0.05) is 11.1 Å². The maximum atomic E-state index is 11.1. The number of rotatable bonds is 3. The zero-order valence-corrected chi connectivity index (χ0v) is 9.02. The molecule has 1 N–H and O–H groups in total. The molecule has 0 fully saturated rings. The molecule has 80 valence electrons. The zero-order chi connectivity index (χ0) is 11.4. The van der Waals surface area contributed by atoms with Gasteiger partial charge < -0.3 is 5.11 Å². The van der Waals surface area contributed by atoms with Crippen LogP contribution in [0.2, 0.25) is 0 Å². The van der Waals surface area contributed by atoms with E-state index < -0.39 is 5.97 Å². The Bertz CT molecular complexity index is 506. The predicted octanol–water partition coefficient (Wildman–Crippen LogP) is 2.16. The van der Waals surface area contributed by atoms with Gasteiger partial charge in [-0.05, 0) is 23.6 Å². The largest absolute Gasteiger partial charge is 0.478 e. The van der Waals surface area contributed by atoms with Crippen molar-refractivity contribution in [1.82, 2.24) is 9.97 Å². The summed E-state index contributed by atoms with van der Waals surface area (Å²) in [6, 6.07) is 5.30. The summed E-state index contributed by atoms with van der Waals surface area (Å²) in [4.78, 5) is 19.7. The second-order valence-corrected chi connectivity index (χ2v) is 3.95. The molecule has 0 amide bonds. The van der Waals surface area contributed by atoms with Crippen LogP contribution in [0.3, 0.4) is 0 Å². The standard InChI is InChI=1S/C11H8N2O2S/c14-11(15)9(6-8-2-1-5-16-8)10-3-4-12-7-13-10/h1-7H,(H,14,15)/b9-6-. The van der Waals surface area contributed by atoms with Gasteiger partial charge in [-0.1, -0.05) is 6.07 Å². The molecule has 2 aromatic heterocycles. The topological polar surface area (TPSA) is 63.1 Å². The summed E-state index contributed by atoms with van der Waals surface area (Å²) in [6.45, 7) is 0. The third-order valence-electron chi connectivity index (χ3n) is 1.92. The van der Waals surface area contributed by atoms with Crippen LogP contribution >= 0.6 is 11.3 Å². The Labute approximate surface area is 95.9 Å². The van der Waals surface area contributed by atoms with E-state index in [2.05, 4.69) is 9.97 Å². The molecule has 5 heteroatoms. The number of hydrogen-bond donors (Lipinski definition) is 1. The van der Waals surface area contributed by atoms with Crippen molar-refractivity contribution in [1.29, 1.82) is 0 Å². The van der Waals surface area contributed by atoms with Crippen molar-refractivity contribution >= 4 is 29.0 Å². The number of aromatic nitrogens is 2. The van der Waals surface area contributed by atoms with Crippen molar-refractivity contribution < 1.29 is 9.90 Å². The number of nitrogens with zero attached hydrogens (tertiary/aromatic N) is 2. The van der Waals surface area contributed by atoms with Crippen molar-refractivity contribution in [3.63, 3.8) is 0 Å². The molecule has 0 spiro atoms. The minimum atomic E-state index is -0.993. The molecule has 2 rings (SSSR count). The number of carboxylic acid groups (broad SMARTS) is 1. The van der Waals surface area contributed by atoms with Crippen molar-refractivity contribution in [3.05, 3.63) is 46.7 Å². The van der Waals surface area contributed by atoms with Gasteiger partial charge in [-0.2, -0.15) is 0 Å². The first-order valence-corrected chi connectivity index (χ1v) is 5.40. The summed E-state index contributed by atoms with van der Waals surface area (Å²) in [7, 11) is 0. The molecular weight excluding hydrogens is 224 g/mol. The maximum absolute atomic E-state index is 11.1. The van der Waals surface area contributed by atoms with E-state index in [1.807, 2.05) is 17.5 Å². The number of carbonyl (C=O) groups is 1. The van der Waals surface area contributed by atoms with Gasteiger partial charge in [-0.25, -0.2) is 14.8 Å². The molecule has 16 heavy (non-hydrogen) atoms. The Kier molecular flexibility index (Phi) is 3.07. The average molecular weight is 232 g/mol. The lowest BCUT2D eigenvalue weighted by molar-refractivity contribution is -0.130. The summed E-state index contributed by atoms with van der Waals surface area (Å²) in [5.74, 6) is -0.993. The van der Waals surface area contributed by atoms with Crippen LogP contribution in [0.5, 0.6) is 0 Å². The van der Waals surface area contributed by atoms with Gasteiger partial charge in [-0.3, -0.25) is 0 Å². The Balaban J connectivity index is 2.43. The zero-order valence-electron chi connectivity index (χ0n) is 8.20. The molecule has 0 saturated carbocycles. The van der Waals surface area contributed by atoms with E-state index in [1.165, 1.54) is 23.9 Å². The van der Waals surface area contributed by atoms with Crippen molar-refractivity contribution in [2.24, 2.45) is 0 Å². The first-order chi connectivity index (χ1) is 7.77. The van der Waals surface area contributed by atoms with E-state index in [9.17, 15) is 4.79 Å². The van der Waals surface area contributed by atoms with E-state index >= 15 is 0 Å². The second-order valence-electron chi connectivity index (χ2n) is 2.97. The van der Waals surface area contributed by atoms with Crippen molar-refractivity contribution in [3.8, 4) is 0 Å². The molecule has 4 nitrogen and oxygen atoms in total. The first kappa shape index (κ1) is 10.5. The van der Waals surface area contributed by atoms with Gasteiger partial charge >= 0.3 is 5.97 Å². The molecule has 0 aromatic carbocycles. The Morgan fingerprint density at radius 1 is 1.44 bits per heavy atom. The molecule has 2 aromatic rings. The Morgan fingerprint density at radius 2 is 2.31 bits per heavy atom. The Hall–Kier alpha value is -2.01. The number of hydrogen-bond acceptors (Lipinski definition) is 4. The lowest BCUT2D eigenvalue weighted by Crippen LogP contribution is -2.01. The molecule has 0 aliphatic carbocycles. The van der Waals surface area contributed by atoms with Gasteiger partial charge in [0.05, 0.1) is 11.3 Å². The fraction of sp³-hybridized carbons (Fsp3) is 0. The highest BCUT2D eigenvalue weighted by atomic mass is 32.1. The number of thiophene rings is 1. The quantitative estimate of drug-likeness (QED) is 0.824. The van der Waals surface area contributed by atoms with Crippen LogP contribution in [0, 0.1) is 0 Å². The van der Waals surface area contributed by atoms with E-state index in [4.69, 9.17) is 5.11 Å². The van der Waals surface area contributed by atoms with Gasteiger partial charge in [0.15, 0.2) is 0 Å². The third kappa shape index (κ3) is 2.32. The highest BCUT2D eigenvalue weighted by Crippen LogP contribution is 2.19. The highest BCUT2D eigenvalue weighted by molar-refractivity contribution is 7.10. The third-order valence-corrected chi connectivity index (χ3v) is 2.74. The van der Waals surface area contributed by atoms with Crippen LogP contribution in [-0.2, 0) is 4.79 Å². The van der Waals surface area contributed by atoms with Crippen LogP contribution in [0.4, 0.5) is 0 Å². The van der Waals surface area contributed by atoms with Gasteiger partial charge in [-0.15, -0.1) is 11.3 Å². The van der Waals surface area contributed by atoms with Crippen LogP contribution in [0.15, 0.2) is 36.1 Å². The fourth-order valence-electron chi connectivity index (χ4n) is 1.21. The van der Waals surface area contributed by atoms with E-state index in [0.29, 0.717) is 5.69 Å². The molecular formula is C11H8N2O2S. The van der Waals surface area contributed by atoms with Crippen LogP contribution in [0.1, 0.15) is 10.6 Å². The van der Waals surface area contributed by atoms with Crippen molar-refractivity contribution in [2.45, 2.75) is 0 Å². The minimum Gasteiger partial charge on any atom is -0.478 e. The molecule has 0 aliphatic heterocycles. The Morgan fingerprint density at radius 3 is 2.88 bits per heavy atom. The van der Waals surface area contributed by atoms with Crippen LogP contribution in [-0.4, -0.2) is 21.0 Å². The summed E-state index contributed by atoms with van der Waals surface area (Å²) in [5, 5.41) is 11.0. The summed E-state index contributed by atoms with van der Waals surface area (Å²) < 4.78 is 0. The van der Waals surface area contributed by atoms with Gasteiger partial charge in [0.25, 0.3) is 0 Å². The average Bonchev–Trinajstić information content (AvgIpc) is 2.79. The molecule has 0 saturated heterocycles. The predicted molar refractivity (Wildman–Crippen MR) is 61.9 cm³/mol. The van der Waals surface area contributed by atoms with E-state index in [1.54, 1.807) is 12.1 Å². The van der Waals surface area contributed by atoms with E-state index in [0.717, 1.165) is 4.88 Å². The molecule has 0 bridgehead atoms.